The molecule has 0 saturated carbocycles. The second-order valence-electron chi connectivity index (χ2n) is 5.64. The van der Waals surface area contributed by atoms with Crippen molar-refractivity contribution in [2.45, 2.75) is 41.2 Å². The van der Waals surface area contributed by atoms with Crippen molar-refractivity contribution < 1.29 is 23.9 Å². The molecule has 146 valence electrons. The number of nitrogens with one attached hydrogen (secondary N) is 1. The number of carbonyl (C=O) groups excluding carboxylic acids is 3. The minimum absolute atomic E-state index is 0.157. The zero-order valence-corrected chi connectivity index (χ0v) is 16.9. The van der Waals surface area contributed by atoms with E-state index in [1.165, 1.54) is 0 Å². The summed E-state index contributed by atoms with van der Waals surface area (Å²) in [5.41, 5.74) is 1.66. The van der Waals surface area contributed by atoms with Crippen molar-refractivity contribution >= 4 is 34.2 Å². The molecule has 1 N–H and O–H groups in total. The molecule has 0 aliphatic heterocycles. The first kappa shape index (κ1) is 20.6. The van der Waals surface area contributed by atoms with Crippen LogP contribution in [-0.4, -0.2) is 40.8 Å². The van der Waals surface area contributed by atoms with Crippen molar-refractivity contribution in [1.29, 1.82) is 0 Å². The zero-order valence-electron chi connectivity index (χ0n) is 16.0. The van der Waals surface area contributed by atoms with Crippen LogP contribution in [0.1, 0.15) is 62.5 Å². The van der Waals surface area contributed by atoms with Crippen LogP contribution in [0.15, 0.2) is 6.07 Å². The number of carbonyl (C=O) groups is 3. The molecule has 0 aliphatic rings. The van der Waals surface area contributed by atoms with Gasteiger partial charge in [0.05, 0.1) is 18.8 Å². The maximum absolute atomic E-state index is 12.6. The van der Waals surface area contributed by atoms with Gasteiger partial charge in [-0.15, -0.1) is 11.3 Å². The number of rotatable bonds is 7. The molecular formula is C18H23N3O5S. The summed E-state index contributed by atoms with van der Waals surface area (Å²) in [5, 5.41) is 7.15. The van der Waals surface area contributed by atoms with Gasteiger partial charge in [-0.1, -0.05) is 0 Å². The lowest BCUT2D eigenvalue weighted by atomic mass is 10.1. The maximum Gasteiger partial charge on any atom is 0.348 e. The van der Waals surface area contributed by atoms with Crippen LogP contribution in [0.4, 0.5) is 5.00 Å². The molecule has 0 aromatic carbocycles. The van der Waals surface area contributed by atoms with E-state index in [2.05, 4.69) is 10.4 Å². The van der Waals surface area contributed by atoms with Crippen LogP contribution in [0.2, 0.25) is 0 Å². The largest absolute Gasteiger partial charge is 0.462 e. The summed E-state index contributed by atoms with van der Waals surface area (Å²) < 4.78 is 11.8. The van der Waals surface area contributed by atoms with Crippen LogP contribution >= 0.6 is 11.3 Å². The van der Waals surface area contributed by atoms with Crippen LogP contribution in [0, 0.1) is 13.8 Å². The fourth-order valence-corrected chi connectivity index (χ4v) is 3.63. The number of esters is 2. The molecule has 2 aromatic rings. The number of aromatic nitrogens is 2. The van der Waals surface area contributed by atoms with Gasteiger partial charge < -0.3 is 14.8 Å². The third-order valence-corrected chi connectivity index (χ3v) is 5.01. The molecule has 0 spiro atoms. The Bertz CT molecular complexity index is 869. The number of thiophene rings is 1. The SMILES string of the molecule is CCOC(=O)c1sc(NC(=O)c2cc(C)n(CC)n2)c(C(=O)OCC)c1C. The van der Waals surface area contributed by atoms with Crippen molar-refractivity contribution in [1.82, 2.24) is 9.78 Å². The maximum atomic E-state index is 12.6. The minimum Gasteiger partial charge on any atom is -0.462 e. The van der Waals surface area contributed by atoms with E-state index in [0.29, 0.717) is 12.1 Å². The molecule has 1 amide bonds. The normalized spacial score (nSPS) is 10.6. The van der Waals surface area contributed by atoms with Gasteiger partial charge in [0, 0.05) is 12.2 Å². The Morgan fingerprint density at radius 2 is 1.74 bits per heavy atom. The Kier molecular flexibility index (Phi) is 6.73. The molecule has 0 radical (unpaired) electrons. The van der Waals surface area contributed by atoms with E-state index in [1.54, 1.807) is 31.5 Å². The molecule has 0 fully saturated rings. The minimum atomic E-state index is -0.604. The highest BCUT2D eigenvalue weighted by molar-refractivity contribution is 7.18. The number of amides is 1. The molecule has 0 bridgehead atoms. The first-order chi connectivity index (χ1) is 12.8. The third kappa shape index (κ3) is 4.36. The van der Waals surface area contributed by atoms with Crippen molar-refractivity contribution in [2.75, 3.05) is 18.5 Å². The number of hydrogen-bond donors (Lipinski definition) is 1. The fraction of sp³-hybridized carbons (Fsp3) is 0.444. The quantitative estimate of drug-likeness (QED) is 0.725. The number of anilines is 1. The van der Waals surface area contributed by atoms with E-state index in [1.807, 2.05) is 13.8 Å². The second kappa shape index (κ2) is 8.81. The zero-order chi connectivity index (χ0) is 20.1. The Morgan fingerprint density at radius 1 is 1.11 bits per heavy atom. The van der Waals surface area contributed by atoms with Crippen molar-refractivity contribution in [3.63, 3.8) is 0 Å². The predicted octanol–water partition coefficient (Wildman–Crippen LogP) is 3.19. The van der Waals surface area contributed by atoms with Crippen molar-refractivity contribution in [3.05, 3.63) is 33.5 Å². The molecule has 2 aromatic heterocycles. The average Bonchev–Trinajstić information content (AvgIpc) is 3.15. The lowest BCUT2D eigenvalue weighted by molar-refractivity contribution is 0.0527. The fourth-order valence-electron chi connectivity index (χ4n) is 2.55. The Hall–Kier alpha value is -2.68. The van der Waals surface area contributed by atoms with E-state index < -0.39 is 17.8 Å². The molecule has 9 heteroatoms. The standard InChI is InChI=1S/C18H23N3O5S/c1-6-21-10(4)9-12(20-21)15(22)19-16-13(17(23)25-7-2)11(5)14(27-16)18(24)26-8-3/h9H,6-8H2,1-5H3,(H,19,22). The molecule has 0 aliphatic carbocycles. The van der Waals surface area contributed by atoms with Gasteiger partial charge in [-0.3, -0.25) is 9.48 Å². The van der Waals surface area contributed by atoms with Gasteiger partial charge in [0.2, 0.25) is 0 Å². The first-order valence-electron chi connectivity index (χ1n) is 8.67. The Balaban J connectivity index is 2.41. The van der Waals surface area contributed by atoms with Crippen LogP contribution in [0.3, 0.4) is 0 Å². The van der Waals surface area contributed by atoms with Gasteiger partial charge in [0.25, 0.3) is 5.91 Å². The summed E-state index contributed by atoms with van der Waals surface area (Å²) in [6, 6.07) is 1.66. The van der Waals surface area contributed by atoms with Crippen molar-refractivity contribution in [2.24, 2.45) is 0 Å². The van der Waals surface area contributed by atoms with Crippen molar-refractivity contribution in [3.8, 4) is 0 Å². The summed E-state index contributed by atoms with van der Waals surface area (Å²) in [7, 11) is 0. The summed E-state index contributed by atoms with van der Waals surface area (Å²) in [5.74, 6) is -1.61. The summed E-state index contributed by atoms with van der Waals surface area (Å²) in [6.07, 6.45) is 0. The average molecular weight is 393 g/mol. The molecule has 0 saturated heterocycles. The summed E-state index contributed by atoms with van der Waals surface area (Å²) in [4.78, 5) is 37.4. The van der Waals surface area contributed by atoms with Crippen LogP contribution in [0.5, 0.6) is 0 Å². The molecular weight excluding hydrogens is 370 g/mol. The molecule has 8 nitrogen and oxygen atoms in total. The van der Waals surface area contributed by atoms with Gasteiger partial charge in [-0.25, -0.2) is 9.59 Å². The monoisotopic (exact) mass is 393 g/mol. The van der Waals surface area contributed by atoms with Gasteiger partial charge in [-0.05, 0) is 46.2 Å². The summed E-state index contributed by atoms with van der Waals surface area (Å²) in [6.45, 7) is 9.81. The number of aryl methyl sites for hydroxylation is 2. The highest BCUT2D eigenvalue weighted by Crippen LogP contribution is 2.34. The van der Waals surface area contributed by atoms with E-state index in [4.69, 9.17) is 9.47 Å². The van der Waals surface area contributed by atoms with E-state index >= 15 is 0 Å². The van der Waals surface area contributed by atoms with Crippen LogP contribution in [0.25, 0.3) is 0 Å². The summed E-state index contributed by atoms with van der Waals surface area (Å²) >= 11 is 0.986. The molecule has 2 rings (SSSR count). The Morgan fingerprint density at radius 3 is 2.30 bits per heavy atom. The predicted molar refractivity (Wildman–Crippen MR) is 102 cm³/mol. The van der Waals surface area contributed by atoms with E-state index in [-0.39, 0.29) is 34.3 Å². The molecule has 2 heterocycles. The van der Waals surface area contributed by atoms with Gasteiger partial charge in [0.1, 0.15) is 9.88 Å². The number of nitrogens with zero attached hydrogens (tertiary/aromatic N) is 2. The van der Waals surface area contributed by atoms with E-state index in [9.17, 15) is 14.4 Å². The lowest BCUT2D eigenvalue weighted by Gasteiger charge is -2.06. The lowest BCUT2D eigenvalue weighted by Crippen LogP contribution is -2.16. The number of hydrogen-bond acceptors (Lipinski definition) is 7. The van der Waals surface area contributed by atoms with Gasteiger partial charge in [-0.2, -0.15) is 5.10 Å². The van der Waals surface area contributed by atoms with E-state index in [0.717, 1.165) is 17.0 Å². The van der Waals surface area contributed by atoms with Gasteiger partial charge in [0.15, 0.2) is 5.69 Å². The first-order valence-corrected chi connectivity index (χ1v) is 9.48. The molecule has 0 atom stereocenters. The van der Waals surface area contributed by atoms with Crippen LogP contribution in [-0.2, 0) is 16.0 Å². The topological polar surface area (TPSA) is 99.5 Å². The second-order valence-corrected chi connectivity index (χ2v) is 6.66. The van der Waals surface area contributed by atoms with Crippen LogP contribution < -0.4 is 5.32 Å². The molecule has 0 unspecified atom stereocenters. The molecule has 27 heavy (non-hydrogen) atoms. The Labute approximate surface area is 161 Å². The third-order valence-electron chi connectivity index (χ3n) is 3.83. The highest BCUT2D eigenvalue weighted by atomic mass is 32.1. The number of ether oxygens (including phenoxy) is 2. The highest BCUT2D eigenvalue weighted by Gasteiger charge is 2.28. The smallest absolute Gasteiger partial charge is 0.348 e. The van der Waals surface area contributed by atoms with Gasteiger partial charge >= 0.3 is 11.9 Å².